The average Bonchev–Trinajstić information content (AvgIpc) is 2.97. The minimum absolute atomic E-state index is 0.204. The first-order valence-electron chi connectivity index (χ1n) is 6.65. The molecule has 3 rings (SSSR count). The molecule has 0 saturated heterocycles. The van der Waals surface area contributed by atoms with Gasteiger partial charge in [-0.05, 0) is 30.7 Å². The third-order valence-electron chi connectivity index (χ3n) is 3.34. The van der Waals surface area contributed by atoms with Crippen LogP contribution in [0.5, 0.6) is 0 Å². The van der Waals surface area contributed by atoms with E-state index in [4.69, 9.17) is 0 Å². The van der Waals surface area contributed by atoms with Crippen LogP contribution in [0.15, 0.2) is 60.9 Å². The molecule has 0 spiro atoms. The number of alkyl halides is 1. The zero-order valence-electron chi connectivity index (χ0n) is 11.5. The smallest absolute Gasteiger partial charge is 0.128 e. The lowest BCUT2D eigenvalue weighted by Gasteiger charge is -2.09. The van der Waals surface area contributed by atoms with E-state index in [0.29, 0.717) is 5.56 Å². The third kappa shape index (κ3) is 2.90. The van der Waals surface area contributed by atoms with Crippen LogP contribution in [0.1, 0.15) is 21.5 Å². The number of nitrogens with zero attached hydrogens (tertiary/aromatic N) is 2. The summed E-state index contributed by atoms with van der Waals surface area (Å²) in [5.41, 5.74) is 3.43. The van der Waals surface area contributed by atoms with Crippen molar-refractivity contribution in [3.8, 4) is 5.69 Å². The molecule has 0 saturated carbocycles. The van der Waals surface area contributed by atoms with E-state index in [1.807, 2.05) is 55.6 Å². The van der Waals surface area contributed by atoms with Crippen LogP contribution in [-0.2, 0) is 0 Å². The Kier molecular flexibility index (Phi) is 3.88. The number of hydrogen-bond acceptors (Lipinski definition) is 1. The molecule has 1 aromatic heterocycles. The molecule has 1 heterocycles. The number of hydrogen-bond donors (Lipinski definition) is 0. The molecule has 0 bridgehead atoms. The van der Waals surface area contributed by atoms with Crippen molar-refractivity contribution in [3.63, 3.8) is 0 Å². The Morgan fingerprint density at radius 1 is 1.14 bits per heavy atom. The van der Waals surface area contributed by atoms with E-state index in [2.05, 4.69) is 21.0 Å². The van der Waals surface area contributed by atoms with Crippen LogP contribution >= 0.6 is 15.9 Å². The monoisotopic (exact) mass is 344 g/mol. The van der Waals surface area contributed by atoms with Crippen LogP contribution in [0.4, 0.5) is 4.39 Å². The first kappa shape index (κ1) is 14.0. The maximum absolute atomic E-state index is 14.1. The lowest BCUT2D eigenvalue weighted by atomic mass is 10.1. The van der Waals surface area contributed by atoms with Crippen LogP contribution < -0.4 is 0 Å². The topological polar surface area (TPSA) is 17.8 Å². The number of aryl methyl sites for hydroxylation is 1. The predicted octanol–water partition coefficient (Wildman–Crippen LogP) is 4.80. The molecule has 0 fully saturated rings. The quantitative estimate of drug-likeness (QED) is 0.623. The largest absolute Gasteiger partial charge is 0.241 e. The van der Waals surface area contributed by atoms with E-state index in [-0.39, 0.29) is 10.6 Å². The fourth-order valence-corrected chi connectivity index (χ4v) is 2.81. The number of aromatic nitrogens is 2. The van der Waals surface area contributed by atoms with Gasteiger partial charge in [-0.25, -0.2) is 9.07 Å². The second kappa shape index (κ2) is 5.82. The predicted molar refractivity (Wildman–Crippen MR) is 85.5 cm³/mol. The van der Waals surface area contributed by atoms with E-state index in [0.717, 1.165) is 16.8 Å². The summed E-state index contributed by atoms with van der Waals surface area (Å²) in [4.78, 5) is -0.212. The molecule has 2 nitrogen and oxygen atoms in total. The third-order valence-corrected chi connectivity index (χ3v) is 4.37. The van der Waals surface area contributed by atoms with Crippen molar-refractivity contribution in [2.45, 2.75) is 11.8 Å². The van der Waals surface area contributed by atoms with Crippen molar-refractivity contribution in [1.82, 2.24) is 9.78 Å². The van der Waals surface area contributed by atoms with Gasteiger partial charge in [-0.15, -0.1) is 0 Å². The molecule has 0 radical (unpaired) electrons. The summed E-state index contributed by atoms with van der Waals surface area (Å²) in [5.74, 6) is -0.204. The summed E-state index contributed by atoms with van der Waals surface area (Å²) in [7, 11) is 0. The summed E-state index contributed by atoms with van der Waals surface area (Å²) < 4.78 is 15.8. The van der Waals surface area contributed by atoms with Crippen molar-refractivity contribution in [3.05, 3.63) is 83.4 Å². The lowest BCUT2D eigenvalue weighted by molar-refractivity contribution is 0.612. The molecular weight excluding hydrogens is 331 g/mol. The molecule has 0 N–H and O–H groups in total. The molecule has 0 aliphatic carbocycles. The van der Waals surface area contributed by atoms with Crippen molar-refractivity contribution >= 4 is 15.9 Å². The molecular formula is C17H14BrFN2. The first-order valence-corrected chi connectivity index (χ1v) is 7.57. The summed E-state index contributed by atoms with van der Waals surface area (Å²) in [6.45, 7) is 1.88. The van der Waals surface area contributed by atoms with Crippen LogP contribution in [0.25, 0.3) is 5.69 Å². The zero-order valence-corrected chi connectivity index (χ0v) is 13.1. The van der Waals surface area contributed by atoms with Gasteiger partial charge in [0.25, 0.3) is 0 Å². The van der Waals surface area contributed by atoms with E-state index < -0.39 is 0 Å². The van der Waals surface area contributed by atoms with Crippen LogP contribution in [0.3, 0.4) is 0 Å². The minimum atomic E-state index is -0.212. The lowest BCUT2D eigenvalue weighted by Crippen LogP contribution is -1.96. The summed E-state index contributed by atoms with van der Waals surface area (Å²) in [6.07, 6.45) is 3.67. The highest BCUT2D eigenvalue weighted by molar-refractivity contribution is 9.09. The van der Waals surface area contributed by atoms with E-state index in [1.54, 1.807) is 16.9 Å². The number of rotatable bonds is 3. The first-order chi connectivity index (χ1) is 10.1. The molecule has 0 amide bonds. The molecule has 21 heavy (non-hydrogen) atoms. The molecule has 0 aliphatic heterocycles. The molecule has 0 aliphatic rings. The highest BCUT2D eigenvalue weighted by atomic mass is 79.9. The summed E-state index contributed by atoms with van der Waals surface area (Å²) in [5, 5.41) is 4.34. The molecule has 1 unspecified atom stereocenters. The van der Waals surface area contributed by atoms with Gasteiger partial charge in [0.15, 0.2) is 0 Å². The van der Waals surface area contributed by atoms with Crippen molar-refractivity contribution in [2.24, 2.45) is 0 Å². The molecule has 2 aromatic carbocycles. The summed E-state index contributed by atoms with van der Waals surface area (Å²) in [6, 6.07) is 15.1. The Bertz CT molecular complexity index is 752. The zero-order chi connectivity index (χ0) is 14.8. The second-order valence-electron chi connectivity index (χ2n) is 4.94. The van der Waals surface area contributed by atoms with Gasteiger partial charge in [0.2, 0.25) is 0 Å². The van der Waals surface area contributed by atoms with Gasteiger partial charge in [0.1, 0.15) is 5.82 Å². The second-order valence-corrected chi connectivity index (χ2v) is 5.86. The van der Waals surface area contributed by atoms with E-state index >= 15 is 0 Å². The molecule has 3 aromatic rings. The Balaban J connectivity index is 1.92. The van der Waals surface area contributed by atoms with Crippen LogP contribution in [0, 0.1) is 12.7 Å². The van der Waals surface area contributed by atoms with Gasteiger partial charge >= 0.3 is 0 Å². The minimum Gasteiger partial charge on any atom is -0.241 e. The van der Waals surface area contributed by atoms with Gasteiger partial charge in [-0.1, -0.05) is 46.3 Å². The molecule has 106 valence electrons. The summed E-state index contributed by atoms with van der Waals surface area (Å²) >= 11 is 3.56. The van der Waals surface area contributed by atoms with E-state index in [1.165, 1.54) is 0 Å². The SMILES string of the molecule is Cc1ccc(C(Br)c2cnn(-c3ccccc3)c2)c(F)c1. The van der Waals surface area contributed by atoms with E-state index in [9.17, 15) is 4.39 Å². The van der Waals surface area contributed by atoms with Gasteiger partial charge in [-0.3, -0.25) is 0 Å². The molecule has 4 heteroatoms. The average molecular weight is 345 g/mol. The Morgan fingerprint density at radius 3 is 2.62 bits per heavy atom. The maximum atomic E-state index is 14.1. The van der Waals surface area contributed by atoms with Gasteiger partial charge < -0.3 is 0 Å². The van der Waals surface area contributed by atoms with Crippen molar-refractivity contribution in [2.75, 3.05) is 0 Å². The van der Waals surface area contributed by atoms with Crippen molar-refractivity contribution < 1.29 is 4.39 Å². The van der Waals surface area contributed by atoms with Gasteiger partial charge in [-0.2, -0.15) is 5.10 Å². The standard InChI is InChI=1S/C17H14BrFN2/c1-12-7-8-15(16(19)9-12)17(18)13-10-20-21(11-13)14-5-3-2-4-6-14/h2-11,17H,1H3. The highest BCUT2D eigenvalue weighted by Gasteiger charge is 2.16. The Morgan fingerprint density at radius 2 is 1.90 bits per heavy atom. The molecule has 1 atom stereocenters. The maximum Gasteiger partial charge on any atom is 0.128 e. The highest BCUT2D eigenvalue weighted by Crippen LogP contribution is 2.32. The van der Waals surface area contributed by atoms with Crippen LogP contribution in [-0.4, -0.2) is 9.78 Å². The number of para-hydroxylation sites is 1. The van der Waals surface area contributed by atoms with Gasteiger partial charge in [0, 0.05) is 17.3 Å². The fraction of sp³-hybridized carbons (Fsp3) is 0.118. The Hall–Kier alpha value is -1.94. The normalized spacial score (nSPS) is 12.3. The van der Waals surface area contributed by atoms with Crippen LogP contribution in [0.2, 0.25) is 0 Å². The number of halogens is 2. The van der Waals surface area contributed by atoms with Gasteiger partial charge in [0.05, 0.1) is 16.7 Å². The number of benzene rings is 2. The fourth-order valence-electron chi connectivity index (χ4n) is 2.21. The van der Waals surface area contributed by atoms with Crippen molar-refractivity contribution in [1.29, 1.82) is 0 Å². The Labute approximate surface area is 131 Å².